The molecule has 1 amide bonds. The Hall–Kier alpha value is -3.13. The van der Waals surface area contributed by atoms with E-state index in [4.69, 9.17) is 4.74 Å². The van der Waals surface area contributed by atoms with E-state index in [0.717, 1.165) is 17.3 Å². The third-order valence-electron chi connectivity index (χ3n) is 4.14. The van der Waals surface area contributed by atoms with Gasteiger partial charge in [-0.15, -0.1) is 6.58 Å². The molecule has 0 bridgehead atoms. The van der Waals surface area contributed by atoms with Crippen LogP contribution in [-0.2, 0) is 17.6 Å². The van der Waals surface area contributed by atoms with Gasteiger partial charge in [0.1, 0.15) is 5.60 Å². The number of allylic oxidation sites excluding steroid dienone is 1. The molecular weight excluding hydrogens is 416 g/mol. The molecule has 1 N–H and O–H groups in total. The van der Waals surface area contributed by atoms with E-state index < -0.39 is 16.6 Å². The van der Waals surface area contributed by atoms with E-state index >= 15 is 0 Å². The highest BCUT2D eigenvalue weighted by Gasteiger charge is 2.18. The molecule has 2 aromatic carbocycles. The number of nitrogens with zero attached hydrogens (tertiary/aromatic N) is 1. The lowest BCUT2D eigenvalue weighted by Gasteiger charge is -2.20. The van der Waals surface area contributed by atoms with Crippen molar-refractivity contribution in [3.8, 4) is 0 Å². The van der Waals surface area contributed by atoms with Crippen molar-refractivity contribution in [2.75, 3.05) is 11.1 Å². The van der Waals surface area contributed by atoms with Crippen LogP contribution in [0.1, 0.15) is 42.3 Å². The minimum Gasteiger partial charge on any atom is -0.444 e. The highest BCUT2D eigenvalue weighted by molar-refractivity contribution is 8.14. The summed E-state index contributed by atoms with van der Waals surface area (Å²) in [5.41, 5.74) is 1.87. The van der Waals surface area contributed by atoms with Gasteiger partial charge in [0.05, 0.1) is 4.92 Å². The number of rotatable bonds is 8. The summed E-state index contributed by atoms with van der Waals surface area (Å²) in [6.45, 7) is 9.03. The molecule has 0 atom stereocenters. The molecule has 8 heteroatoms. The van der Waals surface area contributed by atoms with Gasteiger partial charge in [-0.3, -0.25) is 20.2 Å². The Bertz CT molecular complexity index is 982. The SMILES string of the molecule is C=CCc1cc([N+](=O)[O-])ccc1C(=O)SCCc1ccccc1NC(=O)OC(C)(C)C. The predicted octanol–water partition coefficient (Wildman–Crippen LogP) is 5.79. The Morgan fingerprint density at radius 3 is 2.55 bits per heavy atom. The summed E-state index contributed by atoms with van der Waals surface area (Å²) in [4.78, 5) is 35.3. The van der Waals surface area contributed by atoms with Crippen LogP contribution in [0.2, 0.25) is 0 Å². The number of nitro benzene ring substituents is 1. The summed E-state index contributed by atoms with van der Waals surface area (Å²) in [6.07, 6.45) is 1.99. The van der Waals surface area contributed by atoms with E-state index in [0.29, 0.717) is 35.4 Å². The number of hydrogen-bond donors (Lipinski definition) is 1. The predicted molar refractivity (Wildman–Crippen MR) is 124 cm³/mol. The number of non-ortho nitro benzene ring substituents is 1. The largest absolute Gasteiger partial charge is 0.444 e. The Kier molecular flexibility index (Phi) is 8.38. The average molecular weight is 443 g/mol. The normalized spacial score (nSPS) is 10.9. The van der Waals surface area contributed by atoms with E-state index in [1.165, 1.54) is 18.2 Å². The molecule has 2 aromatic rings. The van der Waals surface area contributed by atoms with Gasteiger partial charge in [0.25, 0.3) is 5.69 Å². The molecule has 0 aliphatic heterocycles. The van der Waals surface area contributed by atoms with Crippen LogP contribution in [0.25, 0.3) is 0 Å². The van der Waals surface area contributed by atoms with Crippen molar-refractivity contribution < 1.29 is 19.2 Å². The smallest absolute Gasteiger partial charge is 0.412 e. The Balaban J connectivity index is 2.04. The van der Waals surface area contributed by atoms with Crippen LogP contribution in [0.5, 0.6) is 0 Å². The van der Waals surface area contributed by atoms with Crippen molar-refractivity contribution in [1.29, 1.82) is 0 Å². The highest BCUT2D eigenvalue weighted by atomic mass is 32.2. The zero-order valence-electron chi connectivity index (χ0n) is 17.8. The van der Waals surface area contributed by atoms with Gasteiger partial charge >= 0.3 is 6.09 Å². The number of carbonyl (C=O) groups is 2. The molecule has 0 radical (unpaired) electrons. The van der Waals surface area contributed by atoms with Crippen molar-refractivity contribution >= 4 is 34.3 Å². The molecule has 0 heterocycles. The monoisotopic (exact) mass is 442 g/mol. The first-order valence-electron chi connectivity index (χ1n) is 9.74. The molecule has 0 spiro atoms. The fraction of sp³-hybridized carbons (Fsp3) is 0.304. The Morgan fingerprint density at radius 2 is 1.90 bits per heavy atom. The maximum absolute atomic E-state index is 12.7. The summed E-state index contributed by atoms with van der Waals surface area (Å²) < 4.78 is 5.29. The second-order valence-corrected chi connectivity index (χ2v) is 8.83. The second-order valence-electron chi connectivity index (χ2n) is 7.76. The minimum absolute atomic E-state index is 0.0551. The number of amides is 1. The van der Waals surface area contributed by atoms with Crippen molar-refractivity contribution in [2.45, 2.75) is 39.2 Å². The Labute approximate surface area is 186 Å². The molecule has 0 aromatic heterocycles. The molecular formula is C23H26N2O5S. The topological polar surface area (TPSA) is 98.5 Å². The first-order valence-corrected chi connectivity index (χ1v) is 10.7. The number of nitro groups is 1. The summed E-state index contributed by atoms with van der Waals surface area (Å²) in [6, 6.07) is 11.6. The van der Waals surface area contributed by atoms with Gasteiger partial charge in [-0.1, -0.05) is 36.0 Å². The lowest BCUT2D eigenvalue weighted by atomic mass is 10.0. The van der Waals surface area contributed by atoms with Gasteiger partial charge in [0.2, 0.25) is 5.12 Å². The Morgan fingerprint density at radius 1 is 1.19 bits per heavy atom. The van der Waals surface area contributed by atoms with Crippen LogP contribution in [0.15, 0.2) is 55.1 Å². The zero-order valence-corrected chi connectivity index (χ0v) is 18.7. The third kappa shape index (κ3) is 7.57. The van der Waals surface area contributed by atoms with Gasteiger partial charge in [0, 0.05) is 29.1 Å². The molecule has 7 nitrogen and oxygen atoms in total. The van der Waals surface area contributed by atoms with Crippen molar-refractivity contribution in [3.05, 3.63) is 81.9 Å². The van der Waals surface area contributed by atoms with E-state index in [9.17, 15) is 19.7 Å². The number of nitrogens with one attached hydrogen (secondary N) is 1. The lowest BCUT2D eigenvalue weighted by Crippen LogP contribution is -2.27. The molecule has 164 valence electrons. The number of anilines is 1. The molecule has 0 unspecified atom stereocenters. The molecule has 0 aliphatic carbocycles. The first-order chi connectivity index (χ1) is 14.6. The number of hydrogen-bond acceptors (Lipinski definition) is 6. The van der Waals surface area contributed by atoms with Crippen molar-refractivity contribution in [2.24, 2.45) is 0 Å². The standard InChI is InChI=1S/C23H26N2O5S/c1-5-8-17-15-18(25(28)29)11-12-19(17)21(26)31-14-13-16-9-6-7-10-20(16)24-22(27)30-23(2,3)4/h5-7,9-12,15H,1,8,13-14H2,2-4H3,(H,24,27). The van der Waals surface area contributed by atoms with Crippen molar-refractivity contribution in [3.63, 3.8) is 0 Å². The number of carbonyl (C=O) groups excluding carboxylic acids is 2. The third-order valence-corrected chi connectivity index (χ3v) is 5.03. The quantitative estimate of drug-likeness (QED) is 0.316. The van der Waals surface area contributed by atoms with Gasteiger partial charge < -0.3 is 4.74 Å². The molecule has 2 rings (SSSR count). The van der Waals surface area contributed by atoms with E-state index in [1.54, 1.807) is 32.9 Å². The molecule has 0 aliphatic rings. The fourth-order valence-electron chi connectivity index (χ4n) is 2.82. The van der Waals surface area contributed by atoms with Crippen LogP contribution < -0.4 is 5.32 Å². The summed E-state index contributed by atoms with van der Waals surface area (Å²) in [5.74, 6) is 0.483. The maximum Gasteiger partial charge on any atom is 0.412 e. The van der Waals surface area contributed by atoms with Crippen LogP contribution >= 0.6 is 11.8 Å². The van der Waals surface area contributed by atoms with Gasteiger partial charge in [-0.25, -0.2) is 4.79 Å². The molecule has 31 heavy (non-hydrogen) atoms. The molecule has 0 fully saturated rings. The lowest BCUT2D eigenvalue weighted by molar-refractivity contribution is -0.384. The number of thioether (sulfide) groups is 1. The average Bonchev–Trinajstić information content (AvgIpc) is 2.68. The number of benzene rings is 2. The number of ether oxygens (including phenoxy) is 1. The maximum atomic E-state index is 12.7. The summed E-state index contributed by atoms with van der Waals surface area (Å²) in [7, 11) is 0. The van der Waals surface area contributed by atoms with Crippen molar-refractivity contribution in [1.82, 2.24) is 0 Å². The van der Waals surface area contributed by atoms with Gasteiger partial charge in [-0.05, 0) is 56.9 Å². The summed E-state index contributed by atoms with van der Waals surface area (Å²) in [5, 5.41) is 13.6. The fourth-order valence-corrected chi connectivity index (χ4v) is 3.68. The number of para-hydroxylation sites is 1. The number of aryl methyl sites for hydroxylation is 1. The minimum atomic E-state index is -0.602. The van der Waals surface area contributed by atoms with Crippen LogP contribution in [-0.4, -0.2) is 27.5 Å². The van der Waals surface area contributed by atoms with Gasteiger partial charge in [0.15, 0.2) is 0 Å². The zero-order chi connectivity index (χ0) is 23.0. The molecule has 0 saturated carbocycles. The van der Waals surface area contributed by atoms with Crippen LogP contribution in [0.3, 0.4) is 0 Å². The highest BCUT2D eigenvalue weighted by Crippen LogP contribution is 2.25. The second kappa shape index (κ2) is 10.8. The van der Waals surface area contributed by atoms with E-state index in [2.05, 4.69) is 11.9 Å². The summed E-state index contributed by atoms with van der Waals surface area (Å²) >= 11 is 1.13. The van der Waals surface area contributed by atoms with E-state index in [1.807, 2.05) is 18.2 Å². The van der Waals surface area contributed by atoms with Gasteiger partial charge in [-0.2, -0.15) is 0 Å². The van der Waals surface area contributed by atoms with Crippen LogP contribution in [0, 0.1) is 10.1 Å². The van der Waals surface area contributed by atoms with Crippen LogP contribution in [0.4, 0.5) is 16.2 Å². The molecule has 0 saturated heterocycles. The first kappa shape index (κ1) is 24.1. The van der Waals surface area contributed by atoms with E-state index in [-0.39, 0.29) is 10.8 Å².